The molecule has 94 valence electrons. The summed E-state index contributed by atoms with van der Waals surface area (Å²) in [6.07, 6.45) is 5.57. The second-order valence-electron chi connectivity index (χ2n) is 5.71. The van der Waals surface area contributed by atoms with Crippen LogP contribution in [0.15, 0.2) is 12.3 Å². The number of amides is 1. The minimum Gasteiger partial charge on any atom is -0.310 e. The number of nitrogens with one attached hydrogen (secondary N) is 1. The Labute approximate surface area is 110 Å². The Morgan fingerprint density at radius 1 is 1.33 bits per heavy atom. The molecular weight excluding hydrogens is 250 g/mol. The molecule has 3 saturated carbocycles. The Morgan fingerprint density at radius 2 is 2.06 bits per heavy atom. The van der Waals surface area contributed by atoms with Crippen molar-refractivity contribution in [2.75, 3.05) is 5.32 Å². The van der Waals surface area contributed by atoms with Crippen molar-refractivity contribution < 1.29 is 4.79 Å². The first-order valence-corrected chi connectivity index (χ1v) is 6.91. The van der Waals surface area contributed by atoms with Crippen molar-refractivity contribution in [3.63, 3.8) is 0 Å². The van der Waals surface area contributed by atoms with E-state index >= 15 is 0 Å². The normalized spacial score (nSPS) is 39.5. The molecule has 1 aromatic rings. The van der Waals surface area contributed by atoms with E-state index in [1.807, 2.05) is 0 Å². The van der Waals surface area contributed by atoms with Crippen LogP contribution in [0.5, 0.6) is 0 Å². The smallest absolute Gasteiger partial charge is 0.229 e. The highest BCUT2D eigenvalue weighted by Crippen LogP contribution is 2.69. The van der Waals surface area contributed by atoms with Gasteiger partial charge in [0.2, 0.25) is 11.2 Å². The summed E-state index contributed by atoms with van der Waals surface area (Å²) in [5.74, 6) is 3.79. The molecule has 3 aliphatic carbocycles. The van der Waals surface area contributed by atoms with Crippen LogP contribution in [0.2, 0.25) is 5.28 Å². The minimum absolute atomic E-state index is 0.122. The number of hydrogen-bond acceptors (Lipinski definition) is 3. The first kappa shape index (κ1) is 10.7. The number of halogens is 1. The predicted molar refractivity (Wildman–Crippen MR) is 67.0 cm³/mol. The van der Waals surface area contributed by atoms with E-state index in [9.17, 15) is 4.79 Å². The molecule has 4 unspecified atom stereocenters. The van der Waals surface area contributed by atoms with Crippen LogP contribution in [-0.2, 0) is 4.79 Å². The summed E-state index contributed by atoms with van der Waals surface area (Å²) in [4.78, 5) is 20.0. The third kappa shape index (κ3) is 1.48. The monoisotopic (exact) mass is 263 g/mol. The number of carbonyl (C=O) groups excluding carboxylic acids is 1. The highest BCUT2D eigenvalue weighted by atomic mass is 35.5. The minimum atomic E-state index is 0.122. The second kappa shape index (κ2) is 3.67. The van der Waals surface area contributed by atoms with Crippen LogP contribution >= 0.6 is 11.6 Å². The van der Waals surface area contributed by atoms with Crippen LogP contribution in [0, 0.1) is 29.6 Å². The summed E-state index contributed by atoms with van der Waals surface area (Å²) in [5, 5.41) is 3.04. The Morgan fingerprint density at radius 3 is 2.72 bits per heavy atom. The molecule has 1 amide bonds. The molecular formula is C13H14ClN3O. The summed E-state index contributed by atoms with van der Waals surface area (Å²) in [5.41, 5.74) is 0. The fourth-order valence-electron chi connectivity index (χ4n) is 4.29. The average Bonchev–Trinajstić information content (AvgIpc) is 2.79. The lowest BCUT2D eigenvalue weighted by molar-refractivity contribution is -0.118. The van der Waals surface area contributed by atoms with Crippen molar-refractivity contribution in [1.29, 1.82) is 0 Å². The zero-order valence-corrected chi connectivity index (χ0v) is 10.6. The molecule has 4 rings (SSSR count). The SMILES string of the molecule is O=C(Nc1ccnc(Cl)n1)C1C2C3CCC(C3)C12. The van der Waals surface area contributed by atoms with Crippen LogP contribution in [-0.4, -0.2) is 15.9 Å². The first-order valence-electron chi connectivity index (χ1n) is 6.53. The van der Waals surface area contributed by atoms with E-state index in [1.54, 1.807) is 12.3 Å². The molecule has 1 N–H and O–H groups in total. The lowest BCUT2D eigenvalue weighted by Gasteiger charge is -2.08. The molecule has 0 spiro atoms. The van der Waals surface area contributed by atoms with Crippen LogP contribution in [0.1, 0.15) is 19.3 Å². The molecule has 1 aromatic heterocycles. The van der Waals surface area contributed by atoms with E-state index in [-0.39, 0.29) is 17.1 Å². The Hall–Kier alpha value is -1.16. The number of aromatic nitrogens is 2. The van der Waals surface area contributed by atoms with Gasteiger partial charge in [0, 0.05) is 12.1 Å². The average molecular weight is 264 g/mol. The van der Waals surface area contributed by atoms with Gasteiger partial charge in [0.15, 0.2) is 0 Å². The number of hydrogen-bond donors (Lipinski definition) is 1. The van der Waals surface area contributed by atoms with E-state index < -0.39 is 0 Å². The summed E-state index contributed by atoms with van der Waals surface area (Å²) >= 11 is 5.70. The number of carbonyl (C=O) groups is 1. The van der Waals surface area contributed by atoms with Gasteiger partial charge in [-0.15, -0.1) is 0 Å². The zero-order valence-electron chi connectivity index (χ0n) is 9.84. The fraction of sp³-hybridized carbons (Fsp3) is 0.615. The van der Waals surface area contributed by atoms with Gasteiger partial charge in [0.1, 0.15) is 5.82 Å². The van der Waals surface area contributed by atoms with Gasteiger partial charge < -0.3 is 5.32 Å². The lowest BCUT2D eigenvalue weighted by atomic mass is 10.0. The number of fused-ring (bicyclic) bond motifs is 5. The Balaban J connectivity index is 1.47. The van der Waals surface area contributed by atoms with Crippen molar-refractivity contribution >= 4 is 23.3 Å². The maximum absolute atomic E-state index is 12.2. The fourth-order valence-corrected chi connectivity index (χ4v) is 4.44. The van der Waals surface area contributed by atoms with Crippen LogP contribution in [0.4, 0.5) is 5.82 Å². The summed E-state index contributed by atoms with van der Waals surface area (Å²) < 4.78 is 0. The molecule has 3 aliphatic rings. The molecule has 5 heteroatoms. The van der Waals surface area contributed by atoms with Crippen LogP contribution in [0.25, 0.3) is 0 Å². The van der Waals surface area contributed by atoms with Crippen molar-refractivity contribution in [2.45, 2.75) is 19.3 Å². The third-order valence-electron chi connectivity index (χ3n) is 4.92. The molecule has 0 radical (unpaired) electrons. The topological polar surface area (TPSA) is 54.9 Å². The Kier molecular flexibility index (Phi) is 2.19. The number of rotatable bonds is 2. The van der Waals surface area contributed by atoms with Gasteiger partial charge in [-0.25, -0.2) is 9.97 Å². The highest BCUT2D eigenvalue weighted by molar-refractivity contribution is 6.28. The zero-order chi connectivity index (χ0) is 12.3. The van der Waals surface area contributed by atoms with Crippen molar-refractivity contribution in [3.8, 4) is 0 Å². The first-order chi connectivity index (χ1) is 8.74. The third-order valence-corrected chi connectivity index (χ3v) is 5.10. The van der Waals surface area contributed by atoms with Gasteiger partial charge in [-0.2, -0.15) is 0 Å². The van der Waals surface area contributed by atoms with Crippen molar-refractivity contribution in [2.24, 2.45) is 29.6 Å². The largest absolute Gasteiger partial charge is 0.310 e. The maximum atomic E-state index is 12.2. The second-order valence-corrected chi connectivity index (χ2v) is 6.05. The van der Waals surface area contributed by atoms with Gasteiger partial charge in [-0.1, -0.05) is 0 Å². The molecule has 3 fully saturated rings. The molecule has 18 heavy (non-hydrogen) atoms. The van der Waals surface area contributed by atoms with Crippen LogP contribution < -0.4 is 5.32 Å². The molecule has 4 atom stereocenters. The maximum Gasteiger partial charge on any atom is 0.229 e. The van der Waals surface area contributed by atoms with E-state index in [4.69, 9.17) is 11.6 Å². The van der Waals surface area contributed by atoms with Gasteiger partial charge in [0.05, 0.1) is 0 Å². The van der Waals surface area contributed by atoms with E-state index in [0.29, 0.717) is 17.7 Å². The molecule has 2 bridgehead atoms. The Bertz CT molecular complexity index is 505. The number of nitrogens with zero attached hydrogens (tertiary/aromatic N) is 2. The van der Waals surface area contributed by atoms with Crippen molar-refractivity contribution in [1.82, 2.24) is 9.97 Å². The quantitative estimate of drug-likeness (QED) is 0.834. The molecule has 1 heterocycles. The standard InChI is InChI=1S/C13H14ClN3O/c14-13-15-4-3-8(17-13)16-12(18)11-9-6-1-2-7(5-6)10(9)11/h3-4,6-7,9-11H,1-2,5H2,(H,15,16,17,18). The summed E-state index contributed by atoms with van der Waals surface area (Å²) in [6.45, 7) is 0. The predicted octanol–water partition coefficient (Wildman–Crippen LogP) is 2.36. The van der Waals surface area contributed by atoms with Gasteiger partial charge in [0.25, 0.3) is 0 Å². The van der Waals surface area contributed by atoms with Gasteiger partial charge in [-0.3, -0.25) is 4.79 Å². The summed E-state index contributed by atoms with van der Waals surface area (Å²) in [7, 11) is 0. The molecule has 0 aromatic carbocycles. The van der Waals surface area contributed by atoms with Crippen LogP contribution in [0.3, 0.4) is 0 Å². The number of anilines is 1. The van der Waals surface area contributed by atoms with E-state index in [2.05, 4.69) is 15.3 Å². The highest BCUT2D eigenvalue weighted by Gasteiger charge is 2.67. The van der Waals surface area contributed by atoms with E-state index in [1.165, 1.54) is 19.3 Å². The molecule has 0 aliphatic heterocycles. The van der Waals surface area contributed by atoms with E-state index in [0.717, 1.165) is 11.8 Å². The lowest BCUT2D eigenvalue weighted by Crippen LogP contribution is -2.19. The van der Waals surface area contributed by atoms with Gasteiger partial charge >= 0.3 is 0 Å². The molecule has 0 saturated heterocycles. The molecule has 4 nitrogen and oxygen atoms in total. The van der Waals surface area contributed by atoms with Gasteiger partial charge in [-0.05, 0) is 60.6 Å². The van der Waals surface area contributed by atoms with Crippen molar-refractivity contribution in [3.05, 3.63) is 17.5 Å². The summed E-state index contributed by atoms with van der Waals surface area (Å²) in [6, 6.07) is 1.68.